The van der Waals surface area contributed by atoms with Gasteiger partial charge in [-0.05, 0) is 42.0 Å². The molecule has 1 aromatic carbocycles. The van der Waals surface area contributed by atoms with Crippen LogP contribution in [0.15, 0.2) is 70.4 Å². The number of aromatic nitrogens is 2. The minimum atomic E-state index is -4.03. The number of aryl methyl sites for hydroxylation is 1. The van der Waals surface area contributed by atoms with E-state index in [4.69, 9.17) is 4.98 Å². The van der Waals surface area contributed by atoms with Crippen molar-refractivity contribution in [2.75, 3.05) is 11.4 Å². The third kappa shape index (κ3) is 8.25. The summed E-state index contributed by atoms with van der Waals surface area (Å²) in [7, 11) is -4.03. The molecule has 4 aromatic rings. The van der Waals surface area contributed by atoms with Crippen molar-refractivity contribution < 1.29 is 13.2 Å². The number of nitrogens with zero attached hydrogens (tertiary/aromatic N) is 3. The number of amides is 1. The Kier molecular flexibility index (Phi) is 11.7. The summed E-state index contributed by atoms with van der Waals surface area (Å²) in [5, 5.41) is 4.63. The van der Waals surface area contributed by atoms with Crippen LogP contribution in [0, 0.1) is 6.92 Å². The van der Waals surface area contributed by atoms with Crippen molar-refractivity contribution in [3.8, 4) is 11.3 Å². The minimum Gasteiger partial charge on any atom is -0.342 e. The van der Waals surface area contributed by atoms with Gasteiger partial charge < -0.3 is 4.90 Å². The molecule has 0 saturated heterocycles. The zero-order chi connectivity index (χ0) is 25.7. The van der Waals surface area contributed by atoms with Crippen LogP contribution in [0.3, 0.4) is 0 Å². The van der Waals surface area contributed by atoms with E-state index in [1.165, 1.54) is 23.0 Å². The summed E-state index contributed by atoms with van der Waals surface area (Å²) >= 11 is 3.13. The predicted octanol–water partition coefficient (Wildman–Crippen LogP) is 6.44. The minimum absolute atomic E-state index is 0. The predicted molar refractivity (Wildman–Crippen MR) is 160 cm³/mol. The number of thiophene rings is 1. The van der Waals surface area contributed by atoms with Gasteiger partial charge in [0.25, 0.3) is 10.0 Å². The molecule has 38 heavy (non-hydrogen) atoms. The fourth-order valence-corrected chi connectivity index (χ4v) is 6.18. The fourth-order valence-electron chi connectivity index (χ4n) is 3.57. The van der Waals surface area contributed by atoms with Gasteiger partial charge in [-0.2, -0.15) is 8.42 Å². The van der Waals surface area contributed by atoms with Gasteiger partial charge in [0.05, 0.1) is 12.2 Å². The van der Waals surface area contributed by atoms with Crippen molar-refractivity contribution >= 4 is 68.5 Å². The third-order valence-corrected chi connectivity index (χ3v) is 8.59. The van der Waals surface area contributed by atoms with E-state index in [1.54, 1.807) is 30.4 Å². The van der Waals surface area contributed by atoms with E-state index >= 15 is 0 Å². The molecule has 7 nitrogen and oxygen atoms in total. The molecule has 0 aliphatic rings. The first-order valence-electron chi connectivity index (χ1n) is 11.5. The molecule has 0 atom stereocenters. The van der Waals surface area contributed by atoms with Crippen molar-refractivity contribution in [1.29, 1.82) is 0 Å². The zero-order valence-corrected chi connectivity index (χ0v) is 25.2. The highest BCUT2D eigenvalue weighted by Crippen LogP contribution is 2.30. The van der Waals surface area contributed by atoms with Crippen LogP contribution in [0.25, 0.3) is 11.3 Å². The molecule has 0 spiro atoms. The van der Waals surface area contributed by atoms with Gasteiger partial charge in [0.15, 0.2) is 10.2 Å². The number of nitrogens with one attached hydrogen (secondary N) is 1. The van der Waals surface area contributed by atoms with Crippen LogP contribution in [-0.4, -0.2) is 30.8 Å². The van der Waals surface area contributed by atoms with Crippen LogP contribution < -0.4 is 9.62 Å². The molecule has 3 heterocycles. The van der Waals surface area contributed by atoms with Crippen molar-refractivity contribution in [2.45, 2.75) is 44.7 Å². The number of sulfonamides is 1. The van der Waals surface area contributed by atoms with E-state index in [2.05, 4.69) is 47.8 Å². The standard InChI is InChI=1S/C26H28N4O3S3.2ClH/c1-18(2)20-9-11-21(12-10-20)23-17-35-26(28-23)30(16-22-7-5-15-34-22)14-13-24(31)29-36(32,33)25-8-4-6-19(3)27-25;;/h4-12,15,17-18H,13-14,16H2,1-3H3,(H,29,31);2*1H. The van der Waals surface area contributed by atoms with Crippen LogP contribution >= 0.6 is 47.5 Å². The SMILES string of the molecule is Cc1cccc(S(=O)(=O)NC(=O)CCN(Cc2cccs2)c2nc(-c3ccc(C(C)C)cc3)cs2)n1.Cl.Cl. The Labute approximate surface area is 244 Å². The second-order valence-corrected chi connectivity index (χ2v) is 12.2. The lowest BCUT2D eigenvalue weighted by atomic mass is 10.0. The molecule has 0 radical (unpaired) electrons. The Hall–Kier alpha value is -2.50. The third-order valence-electron chi connectivity index (χ3n) is 5.56. The highest BCUT2D eigenvalue weighted by atomic mass is 35.5. The summed E-state index contributed by atoms with van der Waals surface area (Å²) < 4.78 is 27.3. The summed E-state index contributed by atoms with van der Waals surface area (Å²) in [6.45, 7) is 6.93. The van der Waals surface area contributed by atoms with Crippen molar-refractivity contribution in [3.05, 3.63) is 81.5 Å². The van der Waals surface area contributed by atoms with E-state index < -0.39 is 15.9 Å². The molecule has 0 aliphatic heterocycles. The fraction of sp³-hybridized carbons (Fsp3) is 0.269. The molecule has 0 saturated carbocycles. The monoisotopic (exact) mass is 612 g/mol. The Morgan fingerprint density at radius 1 is 1.00 bits per heavy atom. The van der Waals surface area contributed by atoms with Gasteiger partial charge in [0.1, 0.15) is 0 Å². The number of hydrogen-bond acceptors (Lipinski definition) is 8. The maximum absolute atomic E-state index is 12.6. The number of carbonyl (C=O) groups excluding carboxylic acids is 1. The lowest BCUT2D eigenvalue weighted by Crippen LogP contribution is -2.34. The molecule has 204 valence electrons. The summed E-state index contributed by atoms with van der Waals surface area (Å²) in [4.78, 5) is 24.6. The van der Waals surface area contributed by atoms with Gasteiger partial charge in [-0.25, -0.2) is 14.7 Å². The number of pyridine rings is 1. The number of carbonyl (C=O) groups is 1. The van der Waals surface area contributed by atoms with Crippen LogP contribution in [-0.2, 0) is 21.4 Å². The number of anilines is 1. The maximum Gasteiger partial charge on any atom is 0.281 e. The molecule has 0 aliphatic carbocycles. The average molecular weight is 614 g/mol. The average Bonchev–Trinajstić information content (AvgIpc) is 3.54. The largest absolute Gasteiger partial charge is 0.342 e. The Morgan fingerprint density at radius 2 is 1.74 bits per heavy atom. The zero-order valence-electron chi connectivity index (χ0n) is 21.2. The van der Waals surface area contributed by atoms with Gasteiger partial charge in [-0.3, -0.25) is 4.79 Å². The molecule has 4 rings (SSSR count). The van der Waals surface area contributed by atoms with Crippen molar-refractivity contribution in [1.82, 2.24) is 14.7 Å². The molecule has 3 aromatic heterocycles. The number of halogens is 2. The van der Waals surface area contributed by atoms with Crippen molar-refractivity contribution in [2.24, 2.45) is 0 Å². The molecule has 1 amide bonds. The number of thiazole rings is 1. The van der Waals surface area contributed by atoms with Gasteiger partial charge in [0.2, 0.25) is 5.91 Å². The summed E-state index contributed by atoms with van der Waals surface area (Å²) in [5.74, 6) is -0.126. The van der Waals surface area contributed by atoms with E-state index in [9.17, 15) is 13.2 Å². The van der Waals surface area contributed by atoms with E-state index in [-0.39, 0.29) is 36.3 Å². The lowest BCUT2D eigenvalue weighted by Gasteiger charge is -2.21. The van der Waals surface area contributed by atoms with Gasteiger partial charge in [-0.15, -0.1) is 47.5 Å². The molecule has 0 fully saturated rings. The molecular weight excluding hydrogens is 583 g/mol. The highest BCUT2D eigenvalue weighted by molar-refractivity contribution is 7.90. The molecule has 0 bridgehead atoms. The van der Waals surface area contributed by atoms with Gasteiger partial charge in [-0.1, -0.05) is 50.2 Å². The van der Waals surface area contributed by atoms with Crippen LogP contribution in [0.2, 0.25) is 0 Å². The summed E-state index contributed by atoms with van der Waals surface area (Å²) in [6, 6.07) is 17.1. The second-order valence-electron chi connectivity index (χ2n) is 8.69. The number of benzene rings is 1. The summed E-state index contributed by atoms with van der Waals surface area (Å²) in [5.41, 5.74) is 3.74. The molecular formula is C26H30Cl2N4O3S3. The van der Waals surface area contributed by atoms with Crippen LogP contribution in [0.4, 0.5) is 5.13 Å². The Bertz CT molecular complexity index is 1420. The van der Waals surface area contributed by atoms with E-state index in [0.29, 0.717) is 24.7 Å². The quantitative estimate of drug-likeness (QED) is 0.221. The highest BCUT2D eigenvalue weighted by Gasteiger charge is 2.21. The number of hydrogen-bond donors (Lipinski definition) is 1. The summed E-state index contributed by atoms with van der Waals surface area (Å²) in [6.07, 6.45) is -0.00554. The molecule has 0 unspecified atom stereocenters. The maximum atomic E-state index is 12.6. The van der Waals surface area contributed by atoms with Crippen molar-refractivity contribution in [3.63, 3.8) is 0 Å². The Morgan fingerprint density at radius 3 is 2.37 bits per heavy atom. The second kappa shape index (κ2) is 14.0. The normalized spacial score (nSPS) is 10.9. The topological polar surface area (TPSA) is 92.3 Å². The first-order chi connectivity index (χ1) is 17.2. The lowest BCUT2D eigenvalue weighted by molar-refractivity contribution is -0.119. The van der Waals surface area contributed by atoms with E-state index in [1.807, 2.05) is 27.8 Å². The molecule has 12 heteroatoms. The first kappa shape index (κ1) is 31.7. The van der Waals surface area contributed by atoms with Crippen LogP contribution in [0.1, 0.15) is 42.3 Å². The number of rotatable bonds is 10. The van der Waals surface area contributed by atoms with E-state index in [0.717, 1.165) is 21.3 Å². The molecule has 1 N–H and O–H groups in total. The smallest absolute Gasteiger partial charge is 0.281 e. The van der Waals surface area contributed by atoms with Crippen LogP contribution in [0.5, 0.6) is 0 Å². The van der Waals surface area contributed by atoms with Gasteiger partial charge >= 0.3 is 0 Å². The van der Waals surface area contributed by atoms with Gasteiger partial charge in [0, 0.05) is 34.5 Å². The first-order valence-corrected chi connectivity index (χ1v) is 14.8. The Balaban J connectivity index is 0.00000253.